The highest BCUT2D eigenvalue weighted by molar-refractivity contribution is 5.89. The highest BCUT2D eigenvalue weighted by Gasteiger charge is 2.43. The van der Waals surface area contributed by atoms with E-state index in [1.165, 1.54) is 7.11 Å². The van der Waals surface area contributed by atoms with Gasteiger partial charge in [-0.15, -0.1) is 0 Å². The number of hydrogen-bond acceptors (Lipinski definition) is 8. The molecule has 2 aliphatic rings. The van der Waals surface area contributed by atoms with Gasteiger partial charge in [0.25, 0.3) is 0 Å². The summed E-state index contributed by atoms with van der Waals surface area (Å²) in [6.45, 7) is 4.48. The molecule has 1 saturated heterocycles. The second-order valence-electron chi connectivity index (χ2n) is 7.89. The summed E-state index contributed by atoms with van der Waals surface area (Å²) in [7, 11) is 1.35. The molecule has 156 valence electrons. The van der Waals surface area contributed by atoms with Crippen molar-refractivity contribution in [1.82, 2.24) is 15.0 Å². The van der Waals surface area contributed by atoms with E-state index in [-0.39, 0.29) is 6.10 Å². The molecule has 0 unspecified atom stereocenters. The molecule has 1 saturated carbocycles. The molecule has 1 aromatic carbocycles. The molecular weight excluding hydrogens is 374 g/mol. The summed E-state index contributed by atoms with van der Waals surface area (Å²) in [4.78, 5) is 18.4. The maximum absolute atomic E-state index is 11.7. The smallest absolute Gasteiger partial charge is 0.337 e. The van der Waals surface area contributed by atoms with E-state index in [9.17, 15) is 9.90 Å². The maximum Gasteiger partial charge on any atom is 0.337 e. The predicted molar refractivity (Wildman–Crippen MR) is 103 cm³/mol. The average Bonchev–Trinajstić information content (AvgIpc) is 3.34. The second kappa shape index (κ2) is 8.51. The van der Waals surface area contributed by atoms with Gasteiger partial charge in [0.05, 0.1) is 25.3 Å². The molecule has 0 amide bonds. The van der Waals surface area contributed by atoms with Crippen molar-refractivity contribution in [2.24, 2.45) is 11.8 Å². The van der Waals surface area contributed by atoms with Gasteiger partial charge < -0.3 is 19.1 Å². The second-order valence-corrected chi connectivity index (χ2v) is 7.89. The average molecular weight is 401 g/mol. The number of hydrogen-bond donors (Lipinski definition) is 1. The monoisotopic (exact) mass is 401 g/mol. The lowest BCUT2D eigenvalue weighted by Gasteiger charge is -2.35. The largest absolute Gasteiger partial charge is 0.488 e. The van der Waals surface area contributed by atoms with Crippen LogP contribution in [0.3, 0.4) is 0 Å². The number of benzene rings is 1. The molecule has 0 spiro atoms. The molecule has 4 atom stereocenters. The molecule has 8 heteroatoms. The van der Waals surface area contributed by atoms with Crippen LogP contribution in [-0.4, -0.2) is 58.5 Å². The summed E-state index contributed by atoms with van der Waals surface area (Å²) in [5.41, 5.74) is 0.436. The molecule has 0 radical (unpaired) electrons. The van der Waals surface area contributed by atoms with Crippen LogP contribution in [-0.2, 0) is 17.7 Å². The lowest BCUT2D eigenvalue weighted by atomic mass is 9.78. The third kappa shape index (κ3) is 4.43. The molecule has 8 nitrogen and oxygen atoms in total. The topological polar surface area (TPSA) is 97.9 Å². The Morgan fingerprint density at radius 1 is 1.31 bits per heavy atom. The van der Waals surface area contributed by atoms with Gasteiger partial charge in [-0.3, -0.25) is 4.90 Å². The van der Waals surface area contributed by atoms with Gasteiger partial charge in [-0.2, -0.15) is 4.98 Å². The molecule has 1 N–H and O–H groups in total. The minimum absolute atomic E-state index is 0.292. The quantitative estimate of drug-likeness (QED) is 0.735. The van der Waals surface area contributed by atoms with Crippen molar-refractivity contribution in [2.45, 2.75) is 44.9 Å². The van der Waals surface area contributed by atoms with Gasteiger partial charge in [-0.25, -0.2) is 4.79 Å². The summed E-state index contributed by atoms with van der Waals surface area (Å²) in [5.74, 6) is 2.42. The number of aliphatic hydroxyl groups is 1. The predicted octanol–water partition coefficient (Wildman–Crippen LogP) is 2.07. The summed E-state index contributed by atoms with van der Waals surface area (Å²) >= 11 is 0. The first kappa shape index (κ1) is 19.8. The van der Waals surface area contributed by atoms with Gasteiger partial charge in [-0.1, -0.05) is 18.1 Å². The van der Waals surface area contributed by atoms with Crippen molar-refractivity contribution >= 4 is 5.97 Å². The molecule has 2 heterocycles. The van der Waals surface area contributed by atoms with Crippen LogP contribution in [0.25, 0.3) is 0 Å². The first-order valence-corrected chi connectivity index (χ1v) is 10.1. The van der Waals surface area contributed by atoms with Crippen LogP contribution < -0.4 is 4.74 Å². The van der Waals surface area contributed by atoms with E-state index >= 15 is 0 Å². The van der Waals surface area contributed by atoms with Gasteiger partial charge >= 0.3 is 5.97 Å². The number of aryl methyl sites for hydroxylation is 1. The normalized spacial score (nSPS) is 26.9. The van der Waals surface area contributed by atoms with Crippen LogP contribution in [0, 0.1) is 11.8 Å². The fourth-order valence-corrected chi connectivity index (χ4v) is 4.42. The number of carbonyl (C=O) groups is 1. The minimum Gasteiger partial charge on any atom is -0.488 e. The number of rotatable bonds is 6. The zero-order valence-corrected chi connectivity index (χ0v) is 16.8. The molecule has 1 aliphatic heterocycles. The Labute approximate surface area is 169 Å². The number of carbonyl (C=O) groups excluding carboxylic acids is 1. The molecule has 2 fully saturated rings. The van der Waals surface area contributed by atoms with Crippen molar-refractivity contribution in [1.29, 1.82) is 0 Å². The molecule has 29 heavy (non-hydrogen) atoms. The summed E-state index contributed by atoms with van der Waals surface area (Å²) in [5, 5.41) is 14.6. The van der Waals surface area contributed by atoms with Gasteiger partial charge in [0.2, 0.25) is 5.89 Å². The number of nitrogens with zero attached hydrogens (tertiary/aromatic N) is 3. The molecule has 0 bridgehead atoms. The number of aromatic nitrogens is 2. The summed E-state index contributed by atoms with van der Waals surface area (Å²) in [6.07, 6.45) is 1.41. The lowest BCUT2D eigenvalue weighted by molar-refractivity contribution is -0.0231. The summed E-state index contributed by atoms with van der Waals surface area (Å²) < 4.78 is 16.1. The Morgan fingerprint density at radius 3 is 2.83 bits per heavy atom. The first-order valence-electron chi connectivity index (χ1n) is 10.1. The van der Waals surface area contributed by atoms with E-state index in [4.69, 9.17) is 14.0 Å². The van der Waals surface area contributed by atoms with E-state index in [1.54, 1.807) is 24.3 Å². The number of ether oxygens (including phenoxy) is 2. The van der Waals surface area contributed by atoms with E-state index in [1.807, 2.05) is 6.92 Å². The van der Waals surface area contributed by atoms with Crippen molar-refractivity contribution in [3.8, 4) is 5.75 Å². The van der Waals surface area contributed by atoms with Gasteiger partial charge in [-0.05, 0) is 42.9 Å². The first-order chi connectivity index (χ1) is 14.1. The van der Waals surface area contributed by atoms with Crippen molar-refractivity contribution in [3.05, 3.63) is 41.5 Å². The van der Waals surface area contributed by atoms with E-state index in [0.29, 0.717) is 42.0 Å². The number of aliphatic hydroxyl groups excluding tert-OH is 1. The number of esters is 1. The maximum atomic E-state index is 11.7. The number of methoxy groups -OCH3 is 1. The Hall–Kier alpha value is -2.45. The van der Waals surface area contributed by atoms with Gasteiger partial charge in [0.15, 0.2) is 5.82 Å². The standard InChI is InChI=1S/C21H27N3O5/c1-3-19-22-20(29-23-19)12-24-10-14-8-17(25)18(9-15(14)11-24)28-16-6-4-5-13(7-16)21(26)27-2/h4-7,14-15,17-18,25H,3,8-12H2,1-2H3/t14-,15+,17+,18+/m0/s1. The van der Waals surface area contributed by atoms with Crippen LogP contribution in [0.2, 0.25) is 0 Å². The Kier molecular flexibility index (Phi) is 5.82. The van der Waals surface area contributed by atoms with Crippen LogP contribution >= 0.6 is 0 Å². The Balaban J connectivity index is 1.37. The van der Waals surface area contributed by atoms with Crippen LogP contribution in [0.4, 0.5) is 0 Å². The Morgan fingerprint density at radius 2 is 2.10 bits per heavy atom. The fraction of sp³-hybridized carbons (Fsp3) is 0.571. The number of likely N-dealkylation sites (tertiary alicyclic amines) is 1. The third-order valence-electron chi connectivity index (χ3n) is 5.89. The van der Waals surface area contributed by atoms with E-state index in [2.05, 4.69) is 15.0 Å². The molecule has 4 rings (SSSR count). The van der Waals surface area contributed by atoms with Gasteiger partial charge in [0, 0.05) is 19.5 Å². The van der Waals surface area contributed by atoms with Crippen molar-refractivity contribution in [2.75, 3.05) is 20.2 Å². The van der Waals surface area contributed by atoms with Crippen LogP contribution in [0.15, 0.2) is 28.8 Å². The van der Waals surface area contributed by atoms with Crippen LogP contribution in [0.5, 0.6) is 5.75 Å². The molecule has 2 aromatic rings. The zero-order chi connectivity index (χ0) is 20.4. The zero-order valence-electron chi connectivity index (χ0n) is 16.8. The molecule has 1 aromatic heterocycles. The van der Waals surface area contributed by atoms with Crippen molar-refractivity contribution in [3.63, 3.8) is 0 Å². The van der Waals surface area contributed by atoms with Gasteiger partial charge in [0.1, 0.15) is 11.9 Å². The lowest BCUT2D eigenvalue weighted by Crippen LogP contribution is -2.42. The summed E-state index contributed by atoms with van der Waals surface area (Å²) in [6, 6.07) is 6.90. The van der Waals surface area contributed by atoms with Crippen LogP contribution in [0.1, 0.15) is 41.8 Å². The highest BCUT2D eigenvalue weighted by Crippen LogP contribution is 2.38. The van der Waals surface area contributed by atoms with Crippen molar-refractivity contribution < 1.29 is 23.9 Å². The van der Waals surface area contributed by atoms with E-state index < -0.39 is 12.1 Å². The van der Waals surface area contributed by atoms with E-state index in [0.717, 1.165) is 31.8 Å². The SMILES string of the molecule is CCc1noc(CN2C[C@H]3C[C@@H](Oc4cccc(C(=O)OC)c4)[C@H](O)C[C@H]3C2)n1. The molecule has 1 aliphatic carbocycles. The highest BCUT2D eigenvalue weighted by atomic mass is 16.5. The fourth-order valence-electron chi connectivity index (χ4n) is 4.42. The number of fused-ring (bicyclic) bond motifs is 1. The minimum atomic E-state index is -0.534. The Bertz CT molecular complexity index is 854. The third-order valence-corrected chi connectivity index (χ3v) is 5.89. The molecular formula is C21H27N3O5.